The Morgan fingerprint density at radius 3 is 2.68 bits per heavy atom. The van der Waals surface area contributed by atoms with Crippen LogP contribution in [0.2, 0.25) is 0 Å². The van der Waals surface area contributed by atoms with Gasteiger partial charge >= 0.3 is 0 Å². The van der Waals surface area contributed by atoms with Gasteiger partial charge in [-0.25, -0.2) is 9.37 Å². The van der Waals surface area contributed by atoms with Crippen molar-refractivity contribution in [2.75, 3.05) is 49.5 Å². The molecule has 146 valence electrons. The van der Waals surface area contributed by atoms with Gasteiger partial charge in [0.2, 0.25) is 0 Å². The molecule has 0 amide bonds. The maximum Gasteiger partial charge on any atom is 0.199 e. The minimum absolute atomic E-state index is 0.129. The molecule has 5 nitrogen and oxygen atoms in total. The Bertz CT molecular complexity index is 997. The molecule has 0 aliphatic carbocycles. The van der Waals surface area contributed by atoms with Crippen LogP contribution in [0.1, 0.15) is 6.42 Å². The Morgan fingerprint density at radius 2 is 1.86 bits per heavy atom. The molecule has 2 heterocycles. The van der Waals surface area contributed by atoms with Gasteiger partial charge in [-0.2, -0.15) is 0 Å². The molecule has 0 unspecified atom stereocenters. The van der Waals surface area contributed by atoms with Crippen LogP contribution < -0.4 is 15.1 Å². The maximum atomic E-state index is 13.9. The van der Waals surface area contributed by atoms with E-state index >= 15 is 0 Å². The molecule has 4 rings (SSSR count). The molecule has 3 aromatic rings. The van der Waals surface area contributed by atoms with Crippen molar-refractivity contribution < 1.29 is 9.29 Å². The quantitative estimate of drug-likeness (QED) is 0.441. The summed E-state index contributed by atoms with van der Waals surface area (Å²) in [4.78, 5) is 11.3. The number of anilines is 2. The van der Waals surface area contributed by atoms with Crippen molar-refractivity contribution in [2.45, 2.75) is 6.42 Å². The summed E-state index contributed by atoms with van der Waals surface area (Å²) in [5, 5.41) is 4.50. The van der Waals surface area contributed by atoms with Crippen LogP contribution in [0, 0.1) is 10.6 Å². The first-order valence-corrected chi connectivity index (χ1v) is 10.2. The average molecular weight is 399 g/mol. The summed E-state index contributed by atoms with van der Waals surface area (Å²) in [5.41, 5.74) is 1.72. The summed E-state index contributed by atoms with van der Waals surface area (Å²) in [6, 6.07) is 15.1. The summed E-state index contributed by atoms with van der Waals surface area (Å²) in [6.07, 6.45) is 1.05. The van der Waals surface area contributed by atoms with Crippen molar-refractivity contribution in [1.29, 1.82) is 0 Å². The lowest BCUT2D eigenvalue weighted by Crippen LogP contribution is -3.15. The normalized spacial score (nSPS) is 15.1. The highest BCUT2D eigenvalue weighted by molar-refractivity contribution is 7.71. The molecule has 1 aliphatic heterocycles. The summed E-state index contributed by atoms with van der Waals surface area (Å²) in [5.74, 6) is 0.717. The number of H-pyrrole nitrogens is 1. The third-order valence-corrected chi connectivity index (χ3v) is 5.49. The standard InChI is InChI=1S/C21H24FN5S/c22-17-7-2-4-9-19(17)27-14-12-26(13-15-27)11-5-10-23-20-16-6-1-3-8-18(16)24-21(28)25-20/h1-4,6-9H,5,10-15H2,(H2,23,24,25,28)/p+1. The second-order valence-corrected chi connectivity index (χ2v) is 7.54. The van der Waals surface area contributed by atoms with Crippen molar-refractivity contribution in [3.8, 4) is 0 Å². The van der Waals surface area contributed by atoms with Crippen molar-refractivity contribution in [1.82, 2.24) is 9.97 Å². The Hall–Kier alpha value is -2.51. The minimum atomic E-state index is -0.129. The zero-order valence-corrected chi connectivity index (χ0v) is 16.6. The lowest BCUT2D eigenvalue weighted by Gasteiger charge is -2.33. The van der Waals surface area contributed by atoms with E-state index in [1.54, 1.807) is 11.0 Å². The van der Waals surface area contributed by atoms with Crippen LogP contribution in [-0.2, 0) is 0 Å². The number of hydrogen-bond donors (Lipinski definition) is 3. The second kappa shape index (κ2) is 8.67. The number of nitrogens with zero attached hydrogens (tertiary/aromatic N) is 2. The Kier molecular flexibility index (Phi) is 5.83. The summed E-state index contributed by atoms with van der Waals surface area (Å²) in [6.45, 7) is 5.80. The van der Waals surface area contributed by atoms with Crippen LogP contribution in [0.5, 0.6) is 0 Å². The lowest BCUT2D eigenvalue weighted by atomic mass is 10.2. The average Bonchev–Trinajstić information content (AvgIpc) is 2.72. The highest BCUT2D eigenvalue weighted by Crippen LogP contribution is 2.19. The highest BCUT2D eigenvalue weighted by atomic mass is 32.1. The van der Waals surface area contributed by atoms with E-state index in [4.69, 9.17) is 12.2 Å². The van der Waals surface area contributed by atoms with Crippen LogP contribution in [-0.4, -0.2) is 49.2 Å². The molecule has 1 saturated heterocycles. The highest BCUT2D eigenvalue weighted by Gasteiger charge is 2.21. The predicted molar refractivity (Wildman–Crippen MR) is 114 cm³/mol. The number of para-hydroxylation sites is 2. The number of benzene rings is 2. The van der Waals surface area contributed by atoms with Crippen molar-refractivity contribution in [3.63, 3.8) is 0 Å². The molecular weight excluding hydrogens is 373 g/mol. The fraction of sp³-hybridized carbons (Fsp3) is 0.333. The molecule has 0 bridgehead atoms. The molecule has 0 spiro atoms. The lowest BCUT2D eigenvalue weighted by molar-refractivity contribution is -0.900. The van der Waals surface area contributed by atoms with Gasteiger partial charge in [-0.05, 0) is 36.5 Å². The van der Waals surface area contributed by atoms with Crippen molar-refractivity contribution in [3.05, 3.63) is 59.1 Å². The fourth-order valence-corrected chi connectivity index (χ4v) is 4.01. The monoisotopic (exact) mass is 398 g/mol. The maximum absolute atomic E-state index is 13.9. The summed E-state index contributed by atoms with van der Waals surface area (Å²) in [7, 11) is 0. The third-order valence-electron chi connectivity index (χ3n) is 5.30. The van der Waals surface area contributed by atoms with Crippen LogP contribution >= 0.6 is 12.2 Å². The van der Waals surface area contributed by atoms with Crippen LogP contribution in [0.4, 0.5) is 15.9 Å². The number of aromatic amines is 1. The smallest absolute Gasteiger partial charge is 0.199 e. The molecule has 3 N–H and O–H groups in total. The SMILES string of the molecule is Fc1ccccc1N1CC[NH+](CCCNc2nc(=S)[nH]c3ccccc23)CC1. The number of hydrogen-bond acceptors (Lipinski definition) is 4. The number of halogens is 1. The molecule has 1 aliphatic rings. The van der Waals surface area contributed by atoms with Crippen molar-refractivity contribution >= 4 is 34.6 Å². The molecule has 0 saturated carbocycles. The third kappa shape index (κ3) is 4.31. The molecule has 1 aromatic heterocycles. The van der Waals surface area contributed by atoms with Gasteiger partial charge in [0.25, 0.3) is 0 Å². The van der Waals surface area contributed by atoms with Gasteiger partial charge in [-0.15, -0.1) is 0 Å². The summed E-state index contributed by atoms with van der Waals surface area (Å²) < 4.78 is 14.4. The van der Waals surface area contributed by atoms with E-state index in [0.29, 0.717) is 4.77 Å². The number of rotatable bonds is 6. The predicted octanol–water partition coefficient (Wildman–Crippen LogP) is 2.64. The zero-order valence-electron chi connectivity index (χ0n) is 15.7. The van der Waals surface area contributed by atoms with Gasteiger partial charge in [0.05, 0.1) is 43.9 Å². The molecule has 0 radical (unpaired) electrons. The van der Waals surface area contributed by atoms with Gasteiger partial charge in [-0.3, -0.25) is 0 Å². The Balaban J connectivity index is 1.26. The number of quaternary nitrogens is 1. The van der Waals surface area contributed by atoms with Gasteiger partial charge in [-0.1, -0.05) is 24.3 Å². The van der Waals surface area contributed by atoms with Crippen molar-refractivity contribution in [2.24, 2.45) is 0 Å². The van der Waals surface area contributed by atoms with E-state index in [2.05, 4.69) is 20.2 Å². The first kappa shape index (κ1) is 18.8. The number of nitrogens with one attached hydrogen (secondary N) is 3. The molecule has 2 aromatic carbocycles. The first-order valence-electron chi connectivity index (χ1n) is 9.77. The first-order chi connectivity index (χ1) is 13.7. The number of piperazine rings is 1. The van der Waals surface area contributed by atoms with Crippen LogP contribution in [0.3, 0.4) is 0 Å². The van der Waals surface area contributed by atoms with E-state index < -0.39 is 0 Å². The largest absolute Gasteiger partial charge is 0.369 e. The zero-order chi connectivity index (χ0) is 19.3. The van der Waals surface area contributed by atoms with E-state index in [1.165, 1.54) is 6.07 Å². The fourth-order valence-electron chi connectivity index (χ4n) is 3.81. The van der Waals surface area contributed by atoms with Crippen LogP contribution in [0.15, 0.2) is 48.5 Å². The van der Waals surface area contributed by atoms with Crippen LogP contribution in [0.25, 0.3) is 10.9 Å². The van der Waals surface area contributed by atoms with E-state index in [9.17, 15) is 4.39 Å². The molecular formula is C21H25FN5S+. The number of aromatic nitrogens is 2. The van der Waals surface area contributed by atoms with E-state index in [-0.39, 0.29) is 5.82 Å². The van der Waals surface area contributed by atoms with Gasteiger partial charge in [0.1, 0.15) is 11.6 Å². The topological polar surface area (TPSA) is 48.4 Å². The molecule has 7 heteroatoms. The second-order valence-electron chi connectivity index (χ2n) is 7.15. The van der Waals surface area contributed by atoms with E-state index in [0.717, 1.165) is 68.1 Å². The minimum Gasteiger partial charge on any atom is -0.369 e. The summed E-state index contributed by atoms with van der Waals surface area (Å²) >= 11 is 5.23. The van der Waals surface area contributed by atoms with E-state index in [1.807, 2.05) is 36.4 Å². The Labute approximate surface area is 169 Å². The number of fused-ring (bicyclic) bond motifs is 1. The molecule has 0 atom stereocenters. The van der Waals surface area contributed by atoms with Gasteiger partial charge in [0.15, 0.2) is 4.77 Å². The molecule has 28 heavy (non-hydrogen) atoms. The Morgan fingerprint density at radius 1 is 1.11 bits per heavy atom. The molecule has 1 fully saturated rings. The van der Waals surface area contributed by atoms with Gasteiger partial charge < -0.3 is 20.1 Å². The van der Waals surface area contributed by atoms with Gasteiger partial charge in [0, 0.05) is 18.4 Å².